The molecule has 2 atom stereocenters. The van der Waals surface area contributed by atoms with Crippen LogP contribution in [0.5, 0.6) is 0 Å². The summed E-state index contributed by atoms with van der Waals surface area (Å²) in [6.07, 6.45) is 104. The molecule has 0 radical (unpaired) electrons. The van der Waals surface area contributed by atoms with Gasteiger partial charge in [0.05, 0.1) is 34.4 Å². The molecule has 9 heteroatoms. The van der Waals surface area contributed by atoms with Crippen LogP contribution in [0.1, 0.15) is 309 Å². The molecule has 0 aliphatic heterocycles. The molecule has 530 valence electrons. The maximum absolute atomic E-state index is 13.0. The molecule has 0 saturated carbocycles. The molecule has 0 bridgehead atoms. The maximum Gasteiger partial charge on any atom is 0.361 e. The van der Waals surface area contributed by atoms with Crippen molar-refractivity contribution < 1.29 is 42.9 Å². The lowest BCUT2D eigenvalue weighted by Crippen LogP contribution is -2.40. The van der Waals surface area contributed by atoms with Crippen molar-refractivity contribution in [2.24, 2.45) is 0 Å². The average Bonchev–Trinajstić information content (AvgIpc) is 3.38. The first kappa shape index (κ1) is 88.2. The Bertz CT molecular complexity index is 2040. The van der Waals surface area contributed by atoms with E-state index in [0.717, 1.165) is 116 Å². The molecule has 0 spiro atoms. The second-order valence-electron chi connectivity index (χ2n) is 26.2. The fourth-order valence-electron chi connectivity index (χ4n) is 10.3. The van der Waals surface area contributed by atoms with E-state index in [2.05, 4.69) is 160 Å². The minimum absolute atomic E-state index is 0.181. The van der Waals surface area contributed by atoms with Crippen LogP contribution in [0.15, 0.2) is 146 Å². The Morgan fingerprint density at radius 3 is 0.914 bits per heavy atom. The second-order valence-corrected chi connectivity index (χ2v) is 26.2. The van der Waals surface area contributed by atoms with E-state index in [-0.39, 0.29) is 32.2 Å². The number of ether oxygens (including phenoxy) is 4. The van der Waals surface area contributed by atoms with Crippen LogP contribution in [0.4, 0.5) is 0 Å². The minimum Gasteiger partial charge on any atom is -0.477 e. The fourth-order valence-corrected chi connectivity index (χ4v) is 10.3. The topological polar surface area (TPSA) is 108 Å². The van der Waals surface area contributed by atoms with Gasteiger partial charge in [0, 0.05) is 12.8 Å². The average molecular weight is 1290 g/mol. The van der Waals surface area contributed by atoms with Crippen molar-refractivity contribution in [3.63, 3.8) is 0 Å². The van der Waals surface area contributed by atoms with Gasteiger partial charge in [0.2, 0.25) is 0 Å². The van der Waals surface area contributed by atoms with Crippen LogP contribution in [0.3, 0.4) is 0 Å². The van der Waals surface area contributed by atoms with Gasteiger partial charge in [0.25, 0.3) is 6.29 Å². The zero-order chi connectivity index (χ0) is 67.5. The Kier molecular flexibility index (Phi) is 69.2. The minimum atomic E-state index is -1.52. The number of allylic oxidation sites excluding steroid dienone is 24. The summed E-state index contributed by atoms with van der Waals surface area (Å²) in [6, 6.07) is 0. The Hall–Kier alpha value is -4.83. The summed E-state index contributed by atoms with van der Waals surface area (Å²) in [5.74, 6) is -2.01. The third kappa shape index (κ3) is 74.4. The molecule has 0 aromatic rings. The predicted molar refractivity (Wildman–Crippen MR) is 400 cm³/mol. The highest BCUT2D eigenvalue weighted by Gasteiger charge is 2.25. The monoisotopic (exact) mass is 1290 g/mol. The maximum atomic E-state index is 13.0. The van der Waals surface area contributed by atoms with Crippen LogP contribution in [0, 0.1) is 0 Å². The number of carbonyl (C=O) groups excluding carboxylic acids is 2. The number of unbranched alkanes of at least 4 members (excludes halogenated alkanes) is 30. The number of esters is 2. The molecule has 0 aromatic carbocycles. The van der Waals surface area contributed by atoms with E-state index in [1.54, 1.807) is 0 Å². The van der Waals surface area contributed by atoms with Gasteiger partial charge in [0.15, 0.2) is 6.10 Å². The van der Waals surface area contributed by atoms with Gasteiger partial charge in [-0.05, 0) is 122 Å². The first-order chi connectivity index (χ1) is 45.6. The predicted octanol–water partition coefficient (Wildman–Crippen LogP) is 24.3. The lowest BCUT2D eigenvalue weighted by Gasteiger charge is -2.25. The van der Waals surface area contributed by atoms with Gasteiger partial charge in [-0.25, -0.2) is 4.79 Å². The first-order valence-electron chi connectivity index (χ1n) is 38.0. The summed E-state index contributed by atoms with van der Waals surface area (Å²) in [4.78, 5) is 37.7. The standard InChI is InChI=1S/C84H141NO8/c1-6-8-10-12-14-16-18-20-22-24-26-28-30-32-34-35-36-37-38-39-40-41-42-43-44-45-46-47-49-51-53-55-57-59-61-63-65-67-69-71-73-75-82(87)93-80(79-92-84(83(88)89)90-77-76-85(3,4)5)78-91-81(86)74-72-70-68-66-64-62-60-58-56-54-52-50-48-33-31-29-27-25-23-21-19-17-15-13-11-9-7-2/h8,10,14,16,19-22,25-28,32,34,36-37,39-40,42-43,45-46,49,51,80,84H,6-7,9,11-13,15,17-18,23-24,29-31,33,35,38,41,44,47-48,50,52-79H2,1-5H3/p+1/b10-8-,16-14-,21-19-,22-20-,27-25-,28-26-,34-32-,37-36-,40-39-,43-42-,46-45-,51-49-. The normalized spacial score (nSPS) is 13.5. The molecule has 2 unspecified atom stereocenters. The van der Waals surface area contributed by atoms with Crippen molar-refractivity contribution in [2.45, 2.75) is 322 Å². The van der Waals surface area contributed by atoms with Gasteiger partial charge in [-0.2, -0.15) is 0 Å². The smallest absolute Gasteiger partial charge is 0.361 e. The lowest BCUT2D eigenvalue weighted by atomic mass is 10.0. The lowest BCUT2D eigenvalue weighted by molar-refractivity contribution is -0.870. The molecule has 0 saturated heterocycles. The van der Waals surface area contributed by atoms with Crippen LogP contribution in [0.25, 0.3) is 0 Å². The number of nitrogens with zero attached hydrogens (tertiary/aromatic N) is 1. The molecular weight excluding hydrogens is 1150 g/mol. The summed E-state index contributed by atoms with van der Waals surface area (Å²) in [7, 11) is 5.98. The van der Waals surface area contributed by atoms with Crippen molar-refractivity contribution in [2.75, 3.05) is 47.5 Å². The summed E-state index contributed by atoms with van der Waals surface area (Å²) < 4.78 is 23.0. The van der Waals surface area contributed by atoms with Crippen molar-refractivity contribution in [3.05, 3.63) is 146 Å². The van der Waals surface area contributed by atoms with E-state index in [1.165, 1.54) is 161 Å². The second kappa shape index (κ2) is 73.0. The number of carbonyl (C=O) groups is 3. The zero-order valence-electron chi connectivity index (χ0n) is 60.6. The Morgan fingerprint density at radius 1 is 0.333 bits per heavy atom. The number of carboxylic acid groups (broad SMARTS) is 1. The fraction of sp³-hybridized carbons (Fsp3) is 0.679. The molecular formula is C84H142NO8+. The van der Waals surface area contributed by atoms with E-state index < -0.39 is 24.3 Å². The molecule has 0 rings (SSSR count). The van der Waals surface area contributed by atoms with Crippen LogP contribution in [-0.4, -0.2) is 87.4 Å². The molecule has 0 heterocycles. The first-order valence-corrected chi connectivity index (χ1v) is 38.0. The molecule has 0 fully saturated rings. The van der Waals surface area contributed by atoms with Crippen molar-refractivity contribution >= 4 is 17.9 Å². The number of hydrogen-bond acceptors (Lipinski definition) is 7. The van der Waals surface area contributed by atoms with Gasteiger partial charge < -0.3 is 28.5 Å². The largest absolute Gasteiger partial charge is 0.477 e. The quantitative estimate of drug-likeness (QED) is 0.0211. The van der Waals surface area contributed by atoms with Gasteiger partial charge in [0.1, 0.15) is 13.2 Å². The molecule has 1 N–H and O–H groups in total. The number of likely N-dealkylation sites (N-methyl/N-ethyl adjacent to an activating group) is 1. The number of hydrogen-bond donors (Lipinski definition) is 1. The van der Waals surface area contributed by atoms with Crippen LogP contribution < -0.4 is 0 Å². The number of rotatable bonds is 69. The summed E-state index contributed by atoms with van der Waals surface area (Å²) in [5.41, 5.74) is 0. The Morgan fingerprint density at radius 2 is 0.613 bits per heavy atom. The Balaban J connectivity index is 4.12. The summed E-state index contributed by atoms with van der Waals surface area (Å²) in [6.45, 7) is 4.76. The Labute approximate surface area is 572 Å². The summed E-state index contributed by atoms with van der Waals surface area (Å²) in [5, 5.41) is 9.76. The van der Waals surface area contributed by atoms with Crippen molar-refractivity contribution in [1.82, 2.24) is 0 Å². The third-order valence-electron chi connectivity index (χ3n) is 16.1. The van der Waals surface area contributed by atoms with Crippen molar-refractivity contribution in [3.8, 4) is 0 Å². The highest BCUT2D eigenvalue weighted by Crippen LogP contribution is 2.17. The van der Waals surface area contributed by atoms with E-state index in [1.807, 2.05) is 21.1 Å². The SMILES string of the molecule is CC/C=C\C/C=C\C/C=C\C/C=C\C/C=C\C/C=C\C/C=C\C/C=C\C/C=C\C/C=C\CCCCCCCCCCCCC(=O)OC(COC(=O)CCCCCCCCCCCCCCCCC/C=C\C/C=C\CCCCCCC)COC(OCC[N+](C)(C)C)C(=O)O. The third-order valence-corrected chi connectivity index (χ3v) is 16.1. The number of quaternary nitrogens is 1. The van der Waals surface area contributed by atoms with E-state index in [0.29, 0.717) is 23.9 Å². The van der Waals surface area contributed by atoms with Gasteiger partial charge in [-0.15, -0.1) is 0 Å². The van der Waals surface area contributed by atoms with Gasteiger partial charge in [-0.1, -0.05) is 320 Å². The van der Waals surface area contributed by atoms with Crippen LogP contribution in [-0.2, 0) is 33.3 Å². The molecule has 0 amide bonds. The number of carboxylic acids is 1. The summed E-state index contributed by atoms with van der Waals surface area (Å²) >= 11 is 0. The van der Waals surface area contributed by atoms with Gasteiger partial charge >= 0.3 is 17.9 Å². The number of aliphatic carboxylic acids is 1. The van der Waals surface area contributed by atoms with Crippen LogP contribution in [0.2, 0.25) is 0 Å². The van der Waals surface area contributed by atoms with E-state index >= 15 is 0 Å². The molecule has 0 aliphatic carbocycles. The van der Waals surface area contributed by atoms with E-state index in [9.17, 15) is 19.5 Å². The van der Waals surface area contributed by atoms with Crippen molar-refractivity contribution in [1.29, 1.82) is 0 Å². The van der Waals surface area contributed by atoms with E-state index in [4.69, 9.17) is 18.9 Å². The highest BCUT2D eigenvalue weighted by atomic mass is 16.7. The molecule has 0 aliphatic rings. The molecule has 0 aromatic heterocycles. The van der Waals surface area contributed by atoms with Gasteiger partial charge in [-0.3, -0.25) is 9.59 Å². The zero-order valence-corrected chi connectivity index (χ0v) is 60.6. The molecule has 9 nitrogen and oxygen atoms in total. The molecule has 93 heavy (non-hydrogen) atoms. The van der Waals surface area contributed by atoms with Crippen LogP contribution >= 0.6 is 0 Å². The highest BCUT2D eigenvalue weighted by molar-refractivity contribution is 5.71.